The Morgan fingerprint density at radius 3 is 1.65 bits per heavy atom. The molecule has 0 amide bonds. The molecule has 0 nitrogen and oxygen atoms in total. The number of unbranched alkanes of at least 4 members (excludes halogenated alkanes) is 10. The van der Waals surface area contributed by atoms with Crippen molar-refractivity contribution in [1.29, 1.82) is 0 Å². The van der Waals surface area contributed by atoms with Crippen LogP contribution in [0.3, 0.4) is 0 Å². The lowest BCUT2D eigenvalue weighted by atomic mass is 10.1. The van der Waals surface area contributed by atoms with Crippen molar-refractivity contribution in [3.05, 3.63) is 12.2 Å². The average Bonchev–Trinajstić information content (AvgIpc) is 2.35. The molecule has 102 valence electrons. The quantitative estimate of drug-likeness (QED) is 0.201. The zero-order chi connectivity index (χ0) is 12.6. The molecular formula is C16H31Cl. The van der Waals surface area contributed by atoms with Crippen LogP contribution in [0.1, 0.15) is 84.0 Å². The lowest BCUT2D eigenvalue weighted by Crippen LogP contribution is -1.81. The minimum absolute atomic E-state index is 0.758. The second kappa shape index (κ2) is 16.0. The first-order chi connectivity index (χ1) is 8.41. The summed E-state index contributed by atoms with van der Waals surface area (Å²) in [7, 11) is 0. The van der Waals surface area contributed by atoms with Crippen LogP contribution in [-0.2, 0) is 0 Å². The molecule has 0 aromatic heterocycles. The smallest absolute Gasteiger partial charge is 0.0257 e. The first-order valence-corrected chi connectivity index (χ1v) is 8.16. The third-order valence-corrected chi connectivity index (χ3v) is 3.39. The van der Waals surface area contributed by atoms with Gasteiger partial charge in [0.25, 0.3) is 0 Å². The molecule has 1 heteroatoms. The molecule has 0 heterocycles. The van der Waals surface area contributed by atoms with Crippen molar-refractivity contribution < 1.29 is 0 Å². The van der Waals surface area contributed by atoms with Gasteiger partial charge in [-0.3, -0.25) is 0 Å². The van der Waals surface area contributed by atoms with Gasteiger partial charge in [-0.25, -0.2) is 0 Å². The molecule has 0 saturated carbocycles. The van der Waals surface area contributed by atoms with Gasteiger partial charge in [-0.2, -0.15) is 0 Å². The maximum Gasteiger partial charge on any atom is 0.0257 e. The molecule has 0 radical (unpaired) electrons. The zero-order valence-electron chi connectivity index (χ0n) is 11.7. The van der Waals surface area contributed by atoms with Crippen LogP contribution in [0.5, 0.6) is 0 Å². The predicted molar refractivity (Wildman–Crippen MR) is 80.9 cm³/mol. The van der Waals surface area contributed by atoms with Crippen LogP contribution in [0, 0.1) is 0 Å². The van der Waals surface area contributed by atoms with E-state index in [0.29, 0.717) is 0 Å². The van der Waals surface area contributed by atoms with Gasteiger partial charge in [0.1, 0.15) is 0 Å². The van der Waals surface area contributed by atoms with Crippen LogP contribution < -0.4 is 0 Å². The van der Waals surface area contributed by atoms with E-state index >= 15 is 0 Å². The molecule has 0 spiro atoms. The fraction of sp³-hybridized carbons (Fsp3) is 0.875. The van der Waals surface area contributed by atoms with E-state index in [2.05, 4.69) is 19.1 Å². The van der Waals surface area contributed by atoms with Gasteiger partial charge in [-0.05, 0) is 19.3 Å². The van der Waals surface area contributed by atoms with E-state index < -0.39 is 0 Å². The Hall–Kier alpha value is 0.0300. The molecule has 0 N–H and O–H groups in total. The topological polar surface area (TPSA) is 0 Å². The summed E-state index contributed by atoms with van der Waals surface area (Å²) in [6.07, 6.45) is 21.0. The molecule has 0 aliphatic heterocycles. The van der Waals surface area contributed by atoms with Gasteiger partial charge in [-0.1, -0.05) is 76.9 Å². The van der Waals surface area contributed by atoms with Crippen molar-refractivity contribution in [3.8, 4) is 0 Å². The van der Waals surface area contributed by atoms with E-state index in [9.17, 15) is 0 Å². The van der Waals surface area contributed by atoms with Crippen molar-refractivity contribution in [3.63, 3.8) is 0 Å². The first kappa shape index (κ1) is 17.0. The fourth-order valence-electron chi connectivity index (χ4n) is 2.05. The van der Waals surface area contributed by atoms with Gasteiger partial charge in [0.2, 0.25) is 0 Å². The molecule has 0 saturated heterocycles. The summed E-state index contributed by atoms with van der Waals surface area (Å²) in [5.74, 6) is 0.758. The van der Waals surface area contributed by atoms with Crippen molar-refractivity contribution >= 4 is 11.6 Å². The molecule has 0 aromatic rings. The van der Waals surface area contributed by atoms with E-state index in [-0.39, 0.29) is 0 Å². The minimum atomic E-state index is 0.758. The van der Waals surface area contributed by atoms with Gasteiger partial charge in [-0.15, -0.1) is 11.6 Å². The maximum absolute atomic E-state index is 5.59. The van der Waals surface area contributed by atoms with E-state index in [4.69, 9.17) is 11.6 Å². The molecule has 17 heavy (non-hydrogen) atoms. The summed E-state index contributed by atoms with van der Waals surface area (Å²) in [5, 5.41) is 0. The summed E-state index contributed by atoms with van der Waals surface area (Å²) in [5.41, 5.74) is 0. The zero-order valence-corrected chi connectivity index (χ0v) is 12.5. The molecule has 0 rings (SSSR count). The maximum atomic E-state index is 5.59. The first-order valence-electron chi connectivity index (χ1n) is 7.62. The largest absolute Gasteiger partial charge is 0.126 e. The van der Waals surface area contributed by atoms with E-state index in [1.54, 1.807) is 0 Å². The Kier molecular flexibility index (Phi) is 16.1. The fourth-order valence-corrected chi connectivity index (χ4v) is 2.17. The van der Waals surface area contributed by atoms with Gasteiger partial charge >= 0.3 is 0 Å². The summed E-state index contributed by atoms with van der Waals surface area (Å²) < 4.78 is 0. The lowest BCUT2D eigenvalue weighted by Gasteiger charge is -2.01. The number of allylic oxidation sites excluding steroid dienone is 2. The summed E-state index contributed by atoms with van der Waals surface area (Å²) in [6, 6.07) is 0. The number of halogens is 1. The van der Waals surface area contributed by atoms with E-state index in [0.717, 1.165) is 12.3 Å². The van der Waals surface area contributed by atoms with Crippen LogP contribution in [0.15, 0.2) is 12.2 Å². The highest BCUT2D eigenvalue weighted by atomic mass is 35.5. The molecular weight excluding hydrogens is 228 g/mol. The lowest BCUT2D eigenvalue weighted by molar-refractivity contribution is 0.557. The average molecular weight is 259 g/mol. The highest BCUT2D eigenvalue weighted by Gasteiger charge is 1.91. The molecule has 0 bridgehead atoms. The third kappa shape index (κ3) is 16.0. The molecule has 0 aliphatic rings. The van der Waals surface area contributed by atoms with E-state index in [1.807, 2.05) is 0 Å². The molecule has 0 fully saturated rings. The second-order valence-corrected chi connectivity index (χ2v) is 5.30. The van der Waals surface area contributed by atoms with Gasteiger partial charge < -0.3 is 0 Å². The van der Waals surface area contributed by atoms with Crippen LogP contribution in [0.25, 0.3) is 0 Å². The van der Waals surface area contributed by atoms with Crippen LogP contribution in [0.2, 0.25) is 0 Å². The monoisotopic (exact) mass is 258 g/mol. The molecule has 0 aromatic carbocycles. The third-order valence-electron chi connectivity index (χ3n) is 3.17. The van der Waals surface area contributed by atoms with E-state index in [1.165, 1.54) is 70.6 Å². The summed E-state index contributed by atoms with van der Waals surface area (Å²) in [4.78, 5) is 0. The van der Waals surface area contributed by atoms with Gasteiger partial charge in [0.05, 0.1) is 0 Å². The molecule has 0 atom stereocenters. The Labute approximate surface area is 114 Å². The Balaban J connectivity index is 2.94. The number of alkyl halides is 1. The number of hydrogen-bond acceptors (Lipinski definition) is 0. The Bertz CT molecular complexity index is 152. The summed E-state index contributed by atoms with van der Waals surface area (Å²) >= 11 is 5.59. The minimum Gasteiger partial charge on any atom is -0.126 e. The standard InChI is InChI=1S/C16H31Cl/c1-2-3-4-5-6-7-8-9-10-11-12-13-14-15-16-17/h13-14H,2-12,15-16H2,1H3. The van der Waals surface area contributed by atoms with Crippen LogP contribution in [-0.4, -0.2) is 5.88 Å². The predicted octanol–water partition coefficient (Wildman–Crippen LogP) is 6.48. The summed E-state index contributed by atoms with van der Waals surface area (Å²) in [6.45, 7) is 2.28. The Morgan fingerprint density at radius 2 is 1.12 bits per heavy atom. The Morgan fingerprint density at radius 1 is 0.647 bits per heavy atom. The number of rotatable bonds is 13. The normalized spacial score (nSPS) is 11.4. The highest BCUT2D eigenvalue weighted by Crippen LogP contribution is 2.11. The SMILES string of the molecule is CCCCCCCCCCCCC=CCCCl. The highest BCUT2D eigenvalue weighted by molar-refractivity contribution is 6.17. The molecule has 0 unspecified atom stereocenters. The van der Waals surface area contributed by atoms with Gasteiger partial charge in [0, 0.05) is 5.88 Å². The van der Waals surface area contributed by atoms with Crippen molar-refractivity contribution in [2.24, 2.45) is 0 Å². The van der Waals surface area contributed by atoms with Crippen LogP contribution in [0.4, 0.5) is 0 Å². The second-order valence-electron chi connectivity index (χ2n) is 4.92. The van der Waals surface area contributed by atoms with Crippen molar-refractivity contribution in [2.45, 2.75) is 84.0 Å². The van der Waals surface area contributed by atoms with Crippen LogP contribution >= 0.6 is 11.6 Å². The van der Waals surface area contributed by atoms with Crippen molar-refractivity contribution in [2.75, 3.05) is 5.88 Å². The van der Waals surface area contributed by atoms with Gasteiger partial charge in [0.15, 0.2) is 0 Å². The number of hydrogen-bond donors (Lipinski definition) is 0. The van der Waals surface area contributed by atoms with Crippen molar-refractivity contribution in [1.82, 2.24) is 0 Å². The molecule has 0 aliphatic carbocycles.